The van der Waals surface area contributed by atoms with E-state index in [1.165, 1.54) is 18.2 Å². The Morgan fingerprint density at radius 3 is 2.95 bits per heavy atom. The highest BCUT2D eigenvalue weighted by Gasteiger charge is 2.14. The number of nitrogens with zero attached hydrogens (tertiary/aromatic N) is 1. The Morgan fingerprint density at radius 1 is 1.40 bits per heavy atom. The van der Waals surface area contributed by atoms with Crippen molar-refractivity contribution in [3.8, 4) is 5.75 Å². The second-order valence-corrected chi connectivity index (χ2v) is 4.30. The van der Waals surface area contributed by atoms with Crippen molar-refractivity contribution < 1.29 is 13.9 Å². The summed E-state index contributed by atoms with van der Waals surface area (Å²) < 4.78 is 18.4. The standard InChI is InChI=1S/C15H15FN2O2/c1-11(20-14-6-2-5-13(16)8-14)15(19)18-10-12-4-3-7-17-9-12/h2-9,11H,10H2,1H3,(H,18,19)/t11-/m1/s1. The van der Waals surface area contributed by atoms with E-state index in [-0.39, 0.29) is 5.91 Å². The van der Waals surface area contributed by atoms with E-state index in [4.69, 9.17) is 4.74 Å². The maximum Gasteiger partial charge on any atom is 0.261 e. The maximum absolute atomic E-state index is 13.0. The Balaban J connectivity index is 1.86. The van der Waals surface area contributed by atoms with Gasteiger partial charge < -0.3 is 10.1 Å². The average molecular weight is 274 g/mol. The summed E-state index contributed by atoms with van der Waals surface area (Å²) in [6.45, 7) is 1.99. The molecule has 0 radical (unpaired) electrons. The van der Waals surface area contributed by atoms with Crippen LogP contribution in [0.3, 0.4) is 0 Å². The molecule has 1 atom stereocenters. The lowest BCUT2D eigenvalue weighted by Gasteiger charge is -2.14. The molecule has 1 aromatic carbocycles. The third-order valence-electron chi connectivity index (χ3n) is 2.67. The number of carbonyl (C=O) groups excluding carboxylic acids is 1. The summed E-state index contributed by atoms with van der Waals surface area (Å²) in [7, 11) is 0. The zero-order valence-electron chi connectivity index (χ0n) is 11.0. The minimum Gasteiger partial charge on any atom is -0.481 e. The third-order valence-corrected chi connectivity index (χ3v) is 2.67. The molecule has 104 valence electrons. The molecule has 0 saturated carbocycles. The van der Waals surface area contributed by atoms with Crippen LogP contribution in [0.5, 0.6) is 5.75 Å². The molecule has 0 bridgehead atoms. The summed E-state index contributed by atoms with van der Waals surface area (Å²) in [5, 5.41) is 2.74. The predicted molar refractivity (Wildman–Crippen MR) is 72.6 cm³/mol. The van der Waals surface area contributed by atoms with Gasteiger partial charge in [-0.25, -0.2) is 4.39 Å². The second-order valence-electron chi connectivity index (χ2n) is 4.30. The van der Waals surface area contributed by atoms with Crippen molar-refractivity contribution in [2.75, 3.05) is 0 Å². The van der Waals surface area contributed by atoms with Crippen LogP contribution in [0, 0.1) is 5.82 Å². The Morgan fingerprint density at radius 2 is 2.25 bits per heavy atom. The number of benzene rings is 1. The summed E-state index contributed by atoms with van der Waals surface area (Å²) in [4.78, 5) is 15.8. The van der Waals surface area contributed by atoms with Crippen LogP contribution < -0.4 is 10.1 Å². The normalized spacial score (nSPS) is 11.7. The van der Waals surface area contributed by atoms with Gasteiger partial charge in [0, 0.05) is 25.0 Å². The largest absolute Gasteiger partial charge is 0.481 e. The third kappa shape index (κ3) is 4.05. The molecule has 2 aromatic rings. The van der Waals surface area contributed by atoms with Crippen molar-refractivity contribution in [3.63, 3.8) is 0 Å². The van der Waals surface area contributed by atoms with Gasteiger partial charge in [-0.15, -0.1) is 0 Å². The Kier molecular flexibility index (Phi) is 4.65. The lowest BCUT2D eigenvalue weighted by molar-refractivity contribution is -0.127. The molecule has 0 aliphatic rings. The van der Waals surface area contributed by atoms with Crippen molar-refractivity contribution in [2.24, 2.45) is 0 Å². The lowest BCUT2D eigenvalue weighted by atomic mass is 10.2. The summed E-state index contributed by atoms with van der Waals surface area (Å²) in [6, 6.07) is 9.36. The average Bonchev–Trinajstić information content (AvgIpc) is 2.46. The van der Waals surface area contributed by atoms with Gasteiger partial charge in [0.1, 0.15) is 11.6 Å². The first-order chi connectivity index (χ1) is 9.65. The molecule has 4 nitrogen and oxygen atoms in total. The molecule has 1 amide bonds. The summed E-state index contributed by atoms with van der Waals surface area (Å²) >= 11 is 0. The van der Waals surface area contributed by atoms with Gasteiger partial charge in [0.2, 0.25) is 0 Å². The number of halogens is 1. The number of amides is 1. The zero-order chi connectivity index (χ0) is 14.4. The number of hydrogen-bond donors (Lipinski definition) is 1. The van der Waals surface area contributed by atoms with E-state index in [2.05, 4.69) is 10.3 Å². The van der Waals surface area contributed by atoms with Crippen LogP contribution in [0.15, 0.2) is 48.8 Å². The molecule has 0 unspecified atom stereocenters. The Hall–Kier alpha value is -2.43. The molecule has 1 N–H and O–H groups in total. The first kappa shape index (κ1) is 14.0. The number of aromatic nitrogens is 1. The van der Waals surface area contributed by atoms with Crippen molar-refractivity contribution in [1.29, 1.82) is 0 Å². The van der Waals surface area contributed by atoms with E-state index in [1.54, 1.807) is 31.5 Å². The van der Waals surface area contributed by atoms with Crippen LogP contribution in [0.1, 0.15) is 12.5 Å². The number of rotatable bonds is 5. The fourth-order valence-electron chi connectivity index (χ4n) is 1.63. The van der Waals surface area contributed by atoms with E-state index in [1.807, 2.05) is 6.07 Å². The van der Waals surface area contributed by atoms with Crippen molar-refractivity contribution in [1.82, 2.24) is 10.3 Å². The second kappa shape index (κ2) is 6.65. The lowest BCUT2D eigenvalue weighted by Crippen LogP contribution is -2.35. The minimum absolute atomic E-state index is 0.266. The highest BCUT2D eigenvalue weighted by molar-refractivity contribution is 5.80. The molecular weight excluding hydrogens is 259 g/mol. The van der Waals surface area contributed by atoms with Gasteiger partial charge in [-0.1, -0.05) is 12.1 Å². The summed E-state index contributed by atoms with van der Waals surface area (Å²) in [6.07, 6.45) is 2.65. The molecule has 0 spiro atoms. The van der Waals surface area contributed by atoms with Crippen LogP contribution >= 0.6 is 0 Å². The van der Waals surface area contributed by atoms with Crippen LogP contribution in [-0.2, 0) is 11.3 Å². The van der Waals surface area contributed by atoms with E-state index in [9.17, 15) is 9.18 Å². The zero-order valence-corrected chi connectivity index (χ0v) is 11.0. The molecule has 1 heterocycles. The topological polar surface area (TPSA) is 51.2 Å². The van der Waals surface area contributed by atoms with Gasteiger partial charge in [0.15, 0.2) is 6.10 Å². The Labute approximate surface area is 116 Å². The number of carbonyl (C=O) groups is 1. The van der Waals surface area contributed by atoms with Gasteiger partial charge in [-0.05, 0) is 30.7 Å². The van der Waals surface area contributed by atoms with E-state index < -0.39 is 11.9 Å². The maximum atomic E-state index is 13.0. The molecule has 5 heteroatoms. The highest BCUT2D eigenvalue weighted by Crippen LogP contribution is 2.13. The van der Waals surface area contributed by atoms with E-state index in [0.29, 0.717) is 12.3 Å². The molecule has 0 fully saturated rings. The number of hydrogen-bond acceptors (Lipinski definition) is 3. The molecule has 2 rings (SSSR count). The summed E-state index contributed by atoms with van der Waals surface area (Å²) in [5.74, 6) is -0.336. The summed E-state index contributed by atoms with van der Waals surface area (Å²) in [5.41, 5.74) is 0.902. The first-order valence-electron chi connectivity index (χ1n) is 6.24. The van der Waals surface area contributed by atoms with Gasteiger partial charge in [0.05, 0.1) is 0 Å². The smallest absolute Gasteiger partial charge is 0.261 e. The molecule has 0 aliphatic heterocycles. The SMILES string of the molecule is C[C@@H](Oc1cccc(F)c1)C(=O)NCc1cccnc1. The molecule has 0 saturated heterocycles. The van der Waals surface area contributed by atoms with E-state index >= 15 is 0 Å². The molecular formula is C15H15FN2O2. The van der Waals surface area contributed by atoms with Crippen molar-refractivity contribution in [2.45, 2.75) is 19.6 Å². The van der Waals surface area contributed by atoms with Crippen LogP contribution in [-0.4, -0.2) is 17.0 Å². The van der Waals surface area contributed by atoms with Gasteiger partial charge in [-0.3, -0.25) is 9.78 Å². The van der Waals surface area contributed by atoms with Crippen molar-refractivity contribution >= 4 is 5.91 Å². The van der Waals surface area contributed by atoms with Crippen LogP contribution in [0.4, 0.5) is 4.39 Å². The number of pyridine rings is 1. The quantitative estimate of drug-likeness (QED) is 0.910. The molecule has 1 aromatic heterocycles. The molecule has 0 aliphatic carbocycles. The molecule has 20 heavy (non-hydrogen) atoms. The van der Waals surface area contributed by atoms with Crippen LogP contribution in [0.2, 0.25) is 0 Å². The number of nitrogens with one attached hydrogen (secondary N) is 1. The predicted octanol–water partition coefficient (Wildman–Crippen LogP) is 2.30. The van der Waals surface area contributed by atoms with Gasteiger partial charge in [0.25, 0.3) is 5.91 Å². The van der Waals surface area contributed by atoms with E-state index in [0.717, 1.165) is 5.56 Å². The van der Waals surface area contributed by atoms with Crippen molar-refractivity contribution in [3.05, 3.63) is 60.2 Å². The van der Waals surface area contributed by atoms with Gasteiger partial charge in [-0.2, -0.15) is 0 Å². The fraction of sp³-hybridized carbons (Fsp3) is 0.200. The Bertz CT molecular complexity index is 575. The van der Waals surface area contributed by atoms with Crippen LogP contribution in [0.25, 0.3) is 0 Å². The number of ether oxygens (including phenoxy) is 1. The highest BCUT2D eigenvalue weighted by atomic mass is 19.1. The minimum atomic E-state index is -0.700. The monoisotopic (exact) mass is 274 g/mol. The fourth-order valence-corrected chi connectivity index (χ4v) is 1.63. The first-order valence-corrected chi connectivity index (χ1v) is 6.24. The van der Waals surface area contributed by atoms with Gasteiger partial charge >= 0.3 is 0 Å².